The number of hydrogen-bond acceptors (Lipinski definition) is 6. The first kappa shape index (κ1) is 31.2. The van der Waals surface area contributed by atoms with Gasteiger partial charge in [0, 0.05) is 43.5 Å². The van der Waals surface area contributed by atoms with Crippen LogP contribution in [0.2, 0.25) is 0 Å². The van der Waals surface area contributed by atoms with E-state index in [9.17, 15) is 14.3 Å². The van der Waals surface area contributed by atoms with Gasteiger partial charge in [0.05, 0.1) is 7.11 Å². The van der Waals surface area contributed by atoms with Crippen molar-refractivity contribution in [2.75, 3.05) is 45.2 Å². The minimum Gasteiger partial charge on any atom is -0.493 e. The van der Waals surface area contributed by atoms with Gasteiger partial charge in [-0.2, -0.15) is 0 Å². The van der Waals surface area contributed by atoms with Crippen LogP contribution >= 0.6 is 0 Å². The van der Waals surface area contributed by atoms with E-state index in [1.807, 2.05) is 24.8 Å². The van der Waals surface area contributed by atoms with Crippen molar-refractivity contribution in [2.24, 2.45) is 5.92 Å². The summed E-state index contributed by atoms with van der Waals surface area (Å²) >= 11 is 0. The Hall–Kier alpha value is -2.71. The molecular formula is C33H49FN4O3. The molecule has 1 aromatic carbocycles. The lowest BCUT2D eigenvalue weighted by molar-refractivity contribution is -0.143. The quantitative estimate of drug-likeness (QED) is 0.260. The van der Waals surface area contributed by atoms with E-state index in [0.717, 1.165) is 75.2 Å². The molecule has 0 radical (unpaired) electrons. The number of aryl methyl sites for hydroxylation is 2. The molecule has 2 aromatic rings. The molecule has 0 saturated carbocycles. The molecule has 8 heteroatoms. The smallest absolute Gasteiger partial charge is 0.325 e. The fraction of sp³-hybridized carbons (Fsp3) is 0.636. The van der Waals surface area contributed by atoms with Crippen LogP contribution in [-0.4, -0.2) is 71.7 Å². The lowest BCUT2D eigenvalue weighted by Crippen LogP contribution is -2.42. The maximum atomic E-state index is 15.0. The van der Waals surface area contributed by atoms with Crippen LogP contribution in [0.3, 0.4) is 0 Å². The van der Waals surface area contributed by atoms with Crippen molar-refractivity contribution < 1.29 is 19.0 Å². The van der Waals surface area contributed by atoms with Crippen LogP contribution < -0.4 is 10.1 Å². The molecule has 0 amide bonds. The Labute approximate surface area is 245 Å². The minimum atomic E-state index is -0.967. The van der Waals surface area contributed by atoms with E-state index >= 15 is 0 Å². The molecule has 0 aliphatic carbocycles. The van der Waals surface area contributed by atoms with Gasteiger partial charge in [0.1, 0.15) is 11.9 Å². The summed E-state index contributed by atoms with van der Waals surface area (Å²) in [4.78, 5) is 22.0. The van der Waals surface area contributed by atoms with Gasteiger partial charge in [-0.25, -0.2) is 9.37 Å². The Kier molecular flexibility index (Phi) is 11.0. The van der Waals surface area contributed by atoms with Gasteiger partial charge in [0.2, 0.25) is 0 Å². The van der Waals surface area contributed by atoms with Gasteiger partial charge in [-0.05, 0) is 86.2 Å². The van der Waals surface area contributed by atoms with Gasteiger partial charge in [-0.15, -0.1) is 0 Å². The van der Waals surface area contributed by atoms with E-state index < -0.39 is 17.8 Å². The number of anilines is 1. The third-order valence-corrected chi connectivity index (χ3v) is 8.50. The summed E-state index contributed by atoms with van der Waals surface area (Å²) in [6, 6.07) is 7.02. The number of carboxylic acids is 1. The highest BCUT2D eigenvalue weighted by atomic mass is 19.1. The molecule has 0 spiro atoms. The fourth-order valence-electron chi connectivity index (χ4n) is 6.37. The lowest BCUT2D eigenvalue weighted by Gasteiger charge is -2.32. The second-order valence-electron chi connectivity index (χ2n) is 12.5. The number of unbranched alkanes of at least 4 members (excludes halogenated alkanes) is 2. The van der Waals surface area contributed by atoms with E-state index in [-0.39, 0.29) is 17.7 Å². The van der Waals surface area contributed by atoms with E-state index in [2.05, 4.69) is 36.2 Å². The van der Waals surface area contributed by atoms with Crippen molar-refractivity contribution in [2.45, 2.75) is 90.6 Å². The SMILES string of the molecule is COc1c(F)cc(C(C)C)cc1[C@H](C(=O)O)N1CC[C@@H](N(CCCCCc2ccc3c(n2)NCCC3)CC(C)C)C1. The number of rotatable bonds is 14. The minimum absolute atomic E-state index is 0.0356. The average molecular weight is 569 g/mol. The van der Waals surface area contributed by atoms with Crippen molar-refractivity contribution in [3.8, 4) is 5.75 Å². The van der Waals surface area contributed by atoms with Crippen LogP contribution in [0.1, 0.15) is 94.1 Å². The Bertz CT molecular complexity index is 1170. The topological polar surface area (TPSA) is 77.9 Å². The molecular weight excluding hydrogens is 519 g/mol. The molecule has 1 fully saturated rings. The Morgan fingerprint density at radius 1 is 1.22 bits per heavy atom. The summed E-state index contributed by atoms with van der Waals surface area (Å²) in [6.45, 7) is 12.7. The number of hydrogen-bond donors (Lipinski definition) is 2. The standard InChI is InChI=1S/C33H49FN4O3/c1-22(2)20-37(16-8-6-7-11-26-13-12-24-10-9-15-35-32(24)36-26)27-14-17-38(21-27)30(33(39)40)28-18-25(23(3)4)19-29(34)31(28)41-5/h12-13,18-19,22-23,27,30H,6-11,14-17,20-21H2,1-5H3,(H,35,36)(H,39,40)/t27-,30-/m1/s1. The number of halogens is 1. The first-order valence-corrected chi connectivity index (χ1v) is 15.5. The number of fused-ring (bicyclic) bond motifs is 1. The van der Waals surface area contributed by atoms with Crippen LogP contribution in [-0.2, 0) is 17.6 Å². The number of pyridine rings is 1. The summed E-state index contributed by atoms with van der Waals surface area (Å²) in [7, 11) is 1.41. The van der Waals surface area contributed by atoms with Crippen molar-refractivity contribution in [1.82, 2.24) is 14.8 Å². The number of aromatic nitrogens is 1. The normalized spacial score (nSPS) is 18.1. The second-order valence-corrected chi connectivity index (χ2v) is 12.5. The molecule has 2 aliphatic rings. The Balaban J connectivity index is 1.37. The third-order valence-electron chi connectivity index (χ3n) is 8.50. The Morgan fingerprint density at radius 2 is 2.02 bits per heavy atom. The second kappa shape index (κ2) is 14.5. The molecule has 2 atom stereocenters. The Morgan fingerprint density at radius 3 is 2.73 bits per heavy atom. The number of aliphatic carboxylic acids is 1. The highest BCUT2D eigenvalue weighted by molar-refractivity contribution is 5.77. The zero-order valence-corrected chi connectivity index (χ0v) is 25.6. The van der Waals surface area contributed by atoms with Gasteiger partial charge in [0.15, 0.2) is 11.6 Å². The number of nitrogens with one attached hydrogen (secondary N) is 1. The fourth-order valence-corrected chi connectivity index (χ4v) is 6.37. The van der Waals surface area contributed by atoms with Gasteiger partial charge < -0.3 is 15.2 Å². The maximum Gasteiger partial charge on any atom is 0.325 e. The van der Waals surface area contributed by atoms with E-state index in [0.29, 0.717) is 24.6 Å². The van der Waals surface area contributed by atoms with Crippen LogP contribution in [0.4, 0.5) is 10.2 Å². The molecule has 1 saturated heterocycles. The van der Waals surface area contributed by atoms with Crippen LogP contribution in [0, 0.1) is 11.7 Å². The summed E-state index contributed by atoms with van der Waals surface area (Å²) in [5, 5.41) is 13.7. The van der Waals surface area contributed by atoms with Crippen LogP contribution in [0.25, 0.3) is 0 Å². The predicted molar refractivity (Wildman–Crippen MR) is 162 cm³/mol. The molecule has 3 heterocycles. The van der Waals surface area contributed by atoms with E-state index in [4.69, 9.17) is 9.72 Å². The van der Waals surface area contributed by atoms with Gasteiger partial charge >= 0.3 is 5.97 Å². The zero-order chi connectivity index (χ0) is 29.5. The maximum absolute atomic E-state index is 15.0. The third kappa shape index (κ3) is 7.98. The first-order chi connectivity index (χ1) is 19.7. The lowest BCUT2D eigenvalue weighted by atomic mass is 9.95. The summed E-state index contributed by atoms with van der Waals surface area (Å²) in [5.41, 5.74) is 3.68. The van der Waals surface area contributed by atoms with Crippen molar-refractivity contribution in [3.63, 3.8) is 0 Å². The number of benzene rings is 1. The van der Waals surface area contributed by atoms with Gasteiger partial charge in [0.25, 0.3) is 0 Å². The molecule has 7 nitrogen and oxygen atoms in total. The van der Waals surface area contributed by atoms with Gasteiger partial charge in [-0.1, -0.05) is 40.2 Å². The molecule has 41 heavy (non-hydrogen) atoms. The predicted octanol–water partition coefficient (Wildman–Crippen LogP) is 6.28. The molecule has 0 unspecified atom stereocenters. The molecule has 1 aromatic heterocycles. The number of nitrogens with zero attached hydrogens (tertiary/aromatic N) is 3. The van der Waals surface area contributed by atoms with Crippen LogP contribution in [0.15, 0.2) is 24.3 Å². The van der Waals surface area contributed by atoms with E-state index in [1.54, 1.807) is 0 Å². The largest absolute Gasteiger partial charge is 0.493 e. The molecule has 2 N–H and O–H groups in total. The average Bonchev–Trinajstić information content (AvgIpc) is 3.41. The number of likely N-dealkylation sites (tertiary alicyclic amines) is 1. The van der Waals surface area contributed by atoms with Crippen molar-refractivity contribution in [1.29, 1.82) is 0 Å². The summed E-state index contributed by atoms with van der Waals surface area (Å²) < 4.78 is 20.3. The zero-order valence-electron chi connectivity index (χ0n) is 25.6. The number of ether oxygens (including phenoxy) is 1. The van der Waals surface area contributed by atoms with Crippen molar-refractivity contribution >= 4 is 11.8 Å². The molecule has 226 valence electrons. The highest BCUT2D eigenvalue weighted by Gasteiger charge is 2.38. The van der Waals surface area contributed by atoms with Gasteiger partial charge in [-0.3, -0.25) is 14.6 Å². The number of carboxylic acid groups (broad SMARTS) is 1. The highest BCUT2D eigenvalue weighted by Crippen LogP contribution is 2.37. The summed E-state index contributed by atoms with van der Waals surface area (Å²) in [6.07, 6.45) is 7.52. The summed E-state index contributed by atoms with van der Waals surface area (Å²) in [5.74, 6) is 0.233. The monoisotopic (exact) mass is 568 g/mol. The van der Waals surface area contributed by atoms with E-state index in [1.165, 1.54) is 25.2 Å². The molecule has 4 rings (SSSR count). The number of methoxy groups -OCH3 is 1. The molecule has 0 bridgehead atoms. The molecule has 2 aliphatic heterocycles. The van der Waals surface area contributed by atoms with Crippen molar-refractivity contribution in [3.05, 3.63) is 52.5 Å². The number of carbonyl (C=O) groups is 1. The van der Waals surface area contributed by atoms with Crippen LogP contribution in [0.5, 0.6) is 5.75 Å². The first-order valence-electron chi connectivity index (χ1n) is 15.5.